The maximum absolute atomic E-state index is 10.6. The van der Waals surface area contributed by atoms with Crippen LogP contribution in [0.3, 0.4) is 0 Å². The van der Waals surface area contributed by atoms with Crippen molar-refractivity contribution in [3.05, 3.63) is 0 Å². The summed E-state index contributed by atoms with van der Waals surface area (Å²) in [5.41, 5.74) is -0.216. The van der Waals surface area contributed by atoms with Gasteiger partial charge < -0.3 is 15.2 Å². The first kappa shape index (κ1) is 12.5. The molecule has 2 N–H and O–H groups in total. The summed E-state index contributed by atoms with van der Waals surface area (Å²) in [5.74, 6) is -0.240. The molecule has 1 aliphatic rings. The smallest absolute Gasteiger partial charge is 0.306 e. The fourth-order valence-electron chi connectivity index (χ4n) is 2.28. The van der Waals surface area contributed by atoms with Crippen LogP contribution < -0.4 is 5.32 Å². The minimum atomic E-state index is -0.796. The Bertz CT molecular complexity index is 230. The molecule has 2 unspecified atom stereocenters. The molecule has 1 saturated heterocycles. The lowest BCUT2D eigenvalue weighted by Gasteiger charge is -2.40. The molecule has 0 saturated carbocycles. The molecule has 4 nitrogen and oxygen atoms in total. The summed E-state index contributed by atoms with van der Waals surface area (Å²) in [6, 6.07) is 0. The maximum Gasteiger partial charge on any atom is 0.306 e. The molecule has 0 aromatic carbocycles. The number of hydrogen-bond donors (Lipinski definition) is 2. The van der Waals surface area contributed by atoms with Crippen LogP contribution in [0.25, 0.3) is 0 Å². The zero-order chi connectivity index (χ0) is 11.5. The molecule has 0 bridgehead atoms. The largest absolute Gasteiger partial charge is 0.481 e. The highest BCUT2D eigenvalue weighted by Crippen LogP contribution is 2.25. The number of hydrogen-bond acceptors (Lipinski definition) is 3. The number of aliphatic carboxylic acids is 1. The Morgan fingerprint density at radius 1 is 1.67 bits per heavy atom. The van der Waals surface area contributed by atoms with Gasteiger partial charge in [-0.1, -0.05) is 13.8 Å². The highest BCUT2D eigenvalue weighted by molar-refractivity contribution is 5.67. The van der Waals surface area contributed by atoms with Crippen LogP contribution in [0, 0.1) is 5.92 Å². The molecule has 0 spiro atoms. The molecule has 1 heterocycles. The van der Waals surface area contributed by atoms with Gasteiger partial charge in [-0.2, -0.15) is 0 Å². The van der Waals surface area contributed by atoms with E-state index < -0.39 is 5.97 Å². The van der Waals surface area contributed by atoms with E-state index in [2.05, 4.69) is 19.2 Å². The highest BCUT2D eigenvalue weighted by atomic mass is 16.5. The van der Waals surface area contributed by atoms with E-state index in [-0.39, 0.29) is 18.1 Å². The first-order valence-corrected chi connectivity index (χ1v) is 5.51. The van der Waals surface area contributed by atoms with Crippen molar-refractivity contribution in [3.63, 3.8) is 0 Å². The number of rotatable bonds is 4. The third-order valence-electron chi connectivity index (χ3n) is 2.56. The molecule has 88 valence electrons. The SMILES string of the molecule is CC(C)CC1(C)CNCC(CC(=O)O)O1. The van der Waals surface area contributed by atoms with Crippen molar-refractivity contribution in [1.82, 2.24) is 5.32 Å². The summed E-state index contributed by atoms with van der Waals surface area (Å²) in [6.07, 6.45) is 0.844. The fourth-order valence-corrected chi connectivity index (χ4v) is 2.28. The lowest BCUT2D eigenvalue weighted by molar-refractivity contribution is -0.150. The van der Waals surface area contributed by atoms with Crippen LogP contribution in [0.1, 0.15) is 33.6 Å². The van der Waals surface area contributed by atoms with Crippen molar-refractivity contribution < 1.29 is 14.6 Å². The van der Waals surface area contributed by atoms with Crippen molar-refractivity contribution in [2.24, 2.45) is 5.92 Å². The van der Waals surface area contributed by atoms with Gasteiger partial charge in [-0.15, -0.1) is 0 Å². The number of nitrogens with one attached hydrogen (secondary N) is 1. The lowest BCUT2D eigenvalue weighted by Crippen LogP contribution is -2.53. The topological polar surface area (TPSA) is 58.6 Å². The molecule has 0 aromatic rings. The van der Waals surface area contributed by atoms with E-state index in [1.54, 1.807) is 0 Å². The number of ether oxygens (including phenoxy) is 1. The van der Waals surface area contributed by atoms with Crippen molar-refractivity contribution in [1.29, 1.82) is 0 Å². The van der Waals surface area contributed by atoms with Gasteiger partial charge in [-0.3, -0.25) is 4.79 Å². The number of carbonyl (C=O) groups is 1. The number of carboxylic acids is 1. The van der Waals surface area contributed by atoms with Crippen molar-refractivity contribution in [2.75, 3.05) is 13.1 Å². The van der Waals surface area contributed by atoms with Gasteiger partial charge in [-0.25, -0.2) is 0 Å². The standard InChI is InChI=1S/C11H21NO3/c1-8(2)5-11(3)7-12-6-9(15-11)4-10(13)14/h8-9,12H,4-7H2,1-3H3,(H,13,14). The van der Waals surface area contributed by atoms with Gasteiger partial charge in [-0.05, 0) is 19.3 Å². The summed E-state index contributed by atoms with van der Waals surface area (Å²) in [6.45, 7) is 7.79. The molecule has 1 fully saturated rings. The van der Waals surface area contributed by atoms with Crippen LogP contribution >= 0.6 is 0 Å². The first-order valence-electron chi connectivity index (χ1n) is 5.51. The summed E-state index contributed by atoms with van der Waals surface area (Å²) < 4.78 is 5.85. The molecule has 2 atom stereocenters. The van der Waals surface area contributed by atoms with Gasteiger partial charge in [0.25, 0.3) is 0 Å². The fraction of sp³-hybridized carbons (Fsp3) is 0.909. The predicted molar refractivity (Wildman–Crippen MR) is 57.9 cm³/mol. The van der Waals surface area contributed by atoms with E-state index in [4.69, 9.17) is 9.84 Å². The monoisotopic (exact) mass is 215 g/mol. The Morgan fingerprint density at radius 3 is 2.87 bits per heavy atom. The van der Waals surface area contributed by atoms with Gasteiger partial charge in [0.2, 0.25) is 0 Å². The third kappa shape index (κ3) is 4.18. The van der Waals surface area contributed by atoms with Crippen LogP contribution in [0.5, 0.6) is 0 Å². The molecule has 15 heavy (non-hydrogen) atoms. The molecular formula is C11H21NO3. The van der Waals surface area contributed by atoms with E-state index in [1.165, 1.54) is 0 Å². The molecule has 1 rings (SSSR count). The normalized spacial score (nSPS) is 31.9. The second-order valence-corrected chi connectivity index (χ2v) is 5.02. The van der Waals surface area contributed by atoms with E-state index in [1.807, 2.05) is 6.92 Å². The van der Waals surface area contributed by atoms with Gasteiger partial charge in [0.1, 0.15) is 0 Å². The molecule has 1 aliphatic heterocycles. The summed E-state index contributed by atoms with van der Waals surface area (Å²) >= 11 is 0. The Morgan fingerprint density at radius 2 is 2.33 bits per heavy atom. The van der Waals surface area contributed by atoms with Gasteiger partial charge in [0, 0.05) is 13.1 Å². The zero-order valence-corrected chi connectivity index (χ0v) is 9.75. The number of morpholine rings is 1. The van der Waals surface area contributed by atoms with Gasteiger partial charge in [0.15, 0.2) is 0 Å². The van der Waals surface area contributed by atoms with E-state index >= 15 is 0 Å². The summed E-state index contributed by atoms with van der Waals surface area (Å²) in [7, 11) is 0. The third-order valence-corrected chi connectivity index (χ3v) is 2.56. The second-order valence-electron chi connectivity index (χ2n) is 5.02. The summed E-state index contributed by atoms with van der Waals surface area (Å²) in [5, 5.41) is 12.0. The second kappa shape index (κ2) is 4.94. The van der Waals surface area contributed by atoms with Gasteiger partial charge in [0.05, 0.1) is 18.1 Å². The van der Waals surface area contributed by atoms with Crippen molar-refractivity contribution in [3.8, 4) is 0 Å². The van der Waals surface area contributed by atoms with Crippen molar-refractivity contribution >= 4 is 5.97 Å². The van der Waals surface area contributed by atoms with Crippen LogP contribution in [0.15, 0.2) is 0 Å². The molecule has 0 aromatic heterocycles. The minimum absolute atomic E-state index is 0.0840. The highest BCUT2D eigenvalue weighted by Gasteiger charge is 2.34. The van der Waals surface area contributed by atoms with Crippen LogP contribution in [0.2, 0.25) is 0 Å². The Labute approximate surface area is 91.0 Å². The maximum atomic E-state index is 10.6. The summed E-state index contributed by atoms with van der Waals surface area (Å²) in [4.78, 5) is 10.6. The van der Waals surface area contributed by atoms with E-state index in [0.29, 0.717) is 12.5 Å². The molecule has 0 radical (unpaired) electrons. The van der Waals surface area contributed by atoms with Crippen LogP contribution in [0.4, 0.5) is 0 Å². The average molecular weight is 215 g/mol. The lowest BCUT2D eigenvalue weighted by atomic mass is 9.92. The van der Waals surface area contributed by atoms with E-state index in [0.717, 1.165) is 13.0 Å². The number of carboxylic acid groups (broad SMARTS) is 1. The Kier molecular flexibility index (Phi) is 4.11. The Hall–Kier alpha value is -0.610. The van der Waals surface area contributed by atoms with Crippen LogP contribution in [-0.2, 0) is 9.53 Å². The van der Waals surface area contributed by atoms with Crippen LogP contribution in [-0.4, -0.2) is 35.9 Å². The Balaban J connectivity index is 2.50. The first-order chi connectivity index (χ1) is 6.91. The quantitative estimate of drug-likeness (QED) is 0.741. The molecule has 0 amide bonds. The van der Waals surface area contributed by atoms with E-state index in [9.17, 15) is 4.79 Å². The van der Waals surface area contributed by atoms with Crippen molar-refractivity contribution in [2.45, 2.75) is 45.3 Å². The minimum Gasteiger partial charge on any atom is -0.481 e. The zero-order valence-electron chi connectivity index (χ0n) is 9.75. The van der Waals surface area contributed by atoms with Gasteiger partial charge >= 0.3 is 5.97 Å². The molecule has 4 heteroatoms. The average Bonchev–Trinajstić information content (AvgIpc) is 1.99. The molecule has 0 aliphatic carbocycles. The predicted octanol–water partition coefficient (Wildman–Crippen LogP) is 1.25. The molecular weight excluding hydrogens is 194 g/mol.